The lowest BCUT2D eigenvalue weighted by molar-refractivity contribution is -0.134. The van der Waals surface area contributed by atoms with Crippen molar-refractivity contribution in [3.05, 3.63) is 64.6 Å². The summed E-state index contributed by atoms with van der Waals surface area (Å²) >= 11 is 3.29. The van der Waals surface area contributed by atoms with Gasteiger partial charge in [-0.05, 0) is 43.2 Å². The van der Waals surface area contributed by atoms with Crippen molar-refractivity contribution in [2.24, 2.45) is 0 Å². The molecule has 0 radical (unpaired) electrons. The lowest BCUT2D eigenvalue weighted by Crippen LogP contribution is -2.56. The molecule has 0 spiro atoms. The smallest absolute Gasteiger partial charge is 0.409 e. The zero-order valence-electron chi connectivity index (χ0n) is 17.7. The van der Waals surface area contributed by atoms with E-state index in [1.54, 1.807) is 28.9 Å². The van der Waals surface area contributed by atoms with E-state index in [9.17, 15) is 18.0 Å². The van der Waals surface area contributed by atoms with E-state index in [0.29, 0.717) is 26.2 Å². The fourth-order valence-corrected chi connectivity index (χ4v) is 4.90. The highest BCUT2D eigenvalue weighted by Crippen LogP contribution is 2.17. The van der Waals surface area contributed by atoms with Crippen LogP contribution in [0.2, 0.25) is 0 Å². The summed E-state index contributed by atoms with van der Waals surface area (Å²) in [4.78, 5) is 28.5. The van der Waals surface area contributed by atoms with Gasteiger partial charge in [0.1, 0.15) is 6.04 Å². The van der Waals surface area contributed by atoms with Gasteiger partial charge in [0.25, 0.3) is 0 Å². The number of nitrogens with one attached hydrogen (secondary N) is 1. The van der Waals surface area contributed by atoms with Gasteiger partial charge < -0.3 is 14.5 Å². The van der Waals surface area contributed by atoms with Crippen molar-refractivity contribution in [1.29, 1.82) is 0 Å². The third kappa shape index (κ3) is 6.30. The first-order valence-electron chi connectivity index (χ1n) is 10.3. The number of carbonyl (C=O) groups is 2. The minimum atomic E-state index is -3.91. The van der Waals surface area contributed by atoms with Crippen LogP contribution in [0.4, 0.5) is 4.79 Å². The van der Waals surface area contributed by atoms with E-state index in [-0.39, 0.29) is 23.8 Å². The molecule has 1 aliphatic heterocycles. The minimum absolute atomic E-state index is 0.0821. The highest BCUT2D eigenvalue weighted by Gasteiger charge is 2.32. The fourth-order valence-electron chi connectivity index (χ4n) is 3.44. The van der Waals surface area contributed by atoms with E-state index in [0.717, 1.165) is 10.0 Å². The van der Waals surface area contributed by atoms with Crippen molar-refractivity contribution in [2.75, 3.05) is 32.8 Å². The Morgan fingerprint density at radius 3 is 2.19 bits per heavy atom. The van der Waals surface area contributed by atoms with Crippen LogP contribution in [0.1, 0.15) is 12.5 Å². The highest BCUT2D eigenvalue weighted by molar-refractivity contribution is 9.10. The Morgan fingerprint density at radius 2 is 1.59 bits per heavy atom. The van der Waals surface area contributed by atoms with Crippen LogP contribution in [0.3, 0.4) is 0 Å². The van der Waals surface area contributed by atoms with E-state index in [4.69, 9.17) is 4.74 Å². The molecule has 32 heavy (non-hydrogen) atoms. The summed E-state index contributed by atoms with van der Waals surface area (Å²) in [6, 6.07) is 14.5. The largest absolute Gasteiger partial charge is 0.450 e. The van der Waals surface area contributed by atoms with Crippen LogP contribution in [0, 0.1) is 0 Å². The molecule has 2 aromatic carbocycles. The van der Waals surface area contributed by atoms with Crippen LogP contribution in [-0.4, -0.2) is 69.0 Å². The number of ether oxygens (including phenoxy) is 1. The summed E-state index contributed by atoms with van der Waals surface area (Å²) in [6.45, 7) is 3.31. The van der Waals surface area contributed by atoms with Crippen molar-refractivity contribution in [3.63, 3.8) is 0 Å². The van der Waals surface area contributed by atoms with Gasteiger partial charge in [0.05, 0.1) is 11.5 Å². The Balaban J connectivity index is 1.76. The molecule has 172 valence electrons. The number of amides is 2. The summed E-state index contributed by atoms with van der Waals surface area (Å²) in [5, 5.41) is 0. The lowest BCUT2D eigenvalue weighted by Gasteiger charge is -2.36. The highest BCUT2D eigenvalue weighted by atomic mass is 79.9. The second-order valence-electron chi connectivity index (χ2n) is 7.33. The standard InChI is InChI=1S/C22H26BrN3O5S/c1-2-31-22(28)26-14-12-25(13-15-26)21(27)20(16-17-6-4-3-5-7-17)24-32(29,30)19-10-8-18(23)9-11-19/h3-11,20,24H,2,12-16H2,1H3/t20-/m0/s1. The molecule has 1 aliphatic rings. The second-order valence-corrected chi connectivity index (χ2v) is 9.96. The molecule has 2 aromatic rings. The summed E-state index contributed by atoms with van der Waals surface area (Å²) in [7, 11) is -3.91. The van der Waals surface area contributed by atoms with Gasteiger partial charge in [-0.25, -0.2) is 13.2 Å². The van der Waals surface area contributed by atoms with Crippen molar-refractivity contribution >= 4 is 38.0 Å². The molecule has 1 atom stereocenters. The Kier molecular flexibility index (Phi) is 8.27. The van der Waals surface area contributed by atoms with Gasteiger partial charge in [0, 0.05) is 30.7 Å². The molecule has 0 aliphatic carbocycles. The van der Waals surface area contributed by atoms with Gasteiger partial charge in [0.2, 0.25) is 15.9 Å². The molecule has 8 nitrogen and oxygen atoms in total. The zero-order valence-corrected chi connectivity index (χ0v) is 20.1. The van der Waals surface area contributed by atoms with E-state index < -0.39 is 22.2 Å². The van der Waals surface area contributed by atoms with Gasteiger partial charge in [0.15, 0.2) is 0 Å². The maximum absolute atomic E-state index is 13.3. The van der Waals surface area contributed by atoms with Crippen molar-refractivity contribution < 1.29 is 22.7 Å². The molecule has 1 N–H and O–H groups in total. The summed E-state index contributed by atoms with van der Waals surface area (Å²) in [6.07, 6.45) is -0.190. The maximum atomic E-state index is 13.3. The maximum Gasteiger partial charge on any atom is 0.409 e. The summed E-state index contributed by atoms with van der Waals surface area (Å²) < 4.78 is 34.3. The first-order valence-corrected chi connectivity index (χ1v) is 12.6. The predicted molar refractivity (Wildman–Crippen MR) is 124 cm³/mol. The van der Waals surface area contributed by atoms with Crippen LogP contribution in [0.25, 0.3) is 0 Å². The van der Waals surface area contributed by atoms with Crippen molar-refractivity contribution in [3.8, 4) is 0 Å². The molecule has 1 fully saturated rings. The number of rotatable bonds is 7. The van der Waals surface area contributed by atoms with Gasteiger partial charge in [-0.15, -0.1) is 0 Å². The Hall–Kier alpha value is -2.43. The molecule has 0 unspecified atom stereocenters. The summed E-state index contributed by atoms with van der Waals surface area (Å²) in [5.74, 6) is -0.321. The van der Waals surface area contributed by atoms with Crippen LogP contribution in [0.15, 0.2) is 64.0 Å². The lowest BCUT2D eigenvalue weighted by atomic mass is 10.1. The monoisotopic (exact) mass is 523 g/mol. The summed E-state index contributed by atoms with van der Waals surface area (Å²) in [5.41, 5.74) is 0.842. The SMILES string of the molecule is CCOC(=O)N1CCN(C(=O)[C@H](Cc2ccccc2)NS(=O)(=O)c2ccc(Br)cc2)CC1. The average Bonchev–Trinajstić information content (AvgIpc) is 2.79. The van der Waals surface area contributed by atoms with Crippen LogP contribution in [-0.2, 0) is 26.0 Å². The molecular weight excluding hydrogens is 498 g/mol. The zero-order chi connectivity index (χ0) is 23.1. The molecule has 0 saturated carbocycles. The second kappa shape index (κ2) is 10.9. The average molecular weight is 524 g/mol. The number of sulfonamides is 1. The van der Waals surface area contributed by atoms with E-state index in [1.165, 1.54) is 12.1 Å². The molecule has 0 bridgehead atoms. The van der Waals surface area contributed by atoms with Gasteiger partial charge in [-0.1, -0.05) is 46.3 Å². The van der Waals surface area contributed by atoms with Gasteiger partial charge in [-0.2, -0.15) is 4.72 Å². The molecule has 0 aromatic heterocycles. The number of halogens is 1. The minimum Gasteiger partial charge on any atom is -0.450 e. The molecule has 10 heteroatoms. The number of benzene rings is 2. The molecule has 2 amide bonds. The molecule has 3 rings (SSSR count). The normalized spacial score (nSPS) is 15.3. The van der Waals surface area contributed by atoms with Crippen molar-refractivity contribution in [1.82, 2.24) is 14.5 Å². The van der Waals surface area contributed by atoms with E-state index in [2.05, 4.69) is 20.7 Å². The topological polar surface area (TPSA) is 96.0 Å². The number of nitrogens with zero attached hydrogens (tertiary/aromatic N) is 2. The number of carbonyl (C=O) groups excluding carboxylic acids is 2. The number of hydrogen-bond acceptors (Lipinski definition) is 5. The third-order valence-corrected chi connectivity index (χ3v) is 7.14. The van der Waals surface area contributed by atoms with Crippen molar-refractivity contribution in [2.45, 2.75) is 24.3 Å². The van der Waals surface area contributed by atoms with E-state index in [1.807, 2.05) is 30.3 Å². The fraction of sp³-hybridized carbons (Fsp3) is 0.364. The van der Waals surface area contributed by atoms with Crippen LogP contribution in [0.5, 0.6) is 0 Å². The first-order chi connectivity index (χ1) is 15.3. The van der Waals surface area contributed by atoms with Crippen LogP contribution >= 0.6 is 15.9 Å². The number of piperazine rings is 1. The first kappa shape index (κ1) is 24.2. The van der Waals surface area contributed by atoms with E-state index >= 15 is 0 Å². The molecule has 1 saturated heterocycles. The Morgan fingerprint density at radius 1 is 1.00 bits per heavy atom. The quantitative estimate of drug-likeness (QED) is 0.601. The Labute approximate surface area is 196 Å². The number of hydrogen-bond donors (Lipinski definition) is 1. The van der Waals surface area contributed by atoms with Crippen LogP contribution < -0.4 is 4.72 Å². The third-order valence-electron chi connectivity index (χ3n) is 5.12. The molecular formula is C22H26BrN3O5S. The predicted octanol–water partition coefficient (Wildman–Crippen LogP) is 2.64. The molecule has 1 heterocycles. The Bertz CT molecular complexity index is 1020. The van der Waals surface area contributed by atoms with Gasteiger partial charge in [-0.3, -0.25) is 4.79 Å². The van der Waals surface area contributed by atoms with Gasteiger partial charge >= 0.3 is 6.09 Å².